The van der Waals surface area contributed by atoms with Crippen molar-refractivity contribution in [3.05, 3.63) is 64.2 Å². The van der Waals surface area contributed by atoms with Gasteiger partial charge in [-0.15, -0.1) is 0 Å². The van der Waals surface area contributed by atoms with Crippen LogP contribution >= 0.6 is 0 Å². The number of benzene rings is 2. The van der Waals surface area contributed by atoms with Crippen molar-refractivity contribution in [2.75, 3.05) is 0 Å². The molecule has 0 saturated heterocycles. The Bertz CT molecular complexity index is 614. The lowest BCUT2D eigenvalue weighted by atomic mass is 9.92. The Morgan fingerprint density at radius 2 is 1.81 bits per heavy atom. The van der Waals surface area contributed by atoms with Gasteiger partial charge in [-0.2, -0.15) is 0 Å². The summed E-state index contributed by atoms with van der Waals surface area (Å²) in [6.45, 7) is 6.49. The van der Waals surface area contributed by atoms with E-state index in [-0.39, 0.29) is 12.1 Å². The van der Waals surface area contributed by atoms with Gasteiger partial charge in [-0.25, -0.2) is 0 Å². The van der Waals surface area contributed by atoms with Crippen molar-refractivity contribution in [1.29, 1.82) is 0 Å². The highest BCUT2D eigenvalue weighted by Gasteiger charge is 2.28. The van der Waals surface area contributed by atoms with Gasteiger partial charge in [0.05, 0.1) is 0 Å². The van der Waals surface area contributed by atoms with E-state index in [4.69, 9.17) is 10.5 Å². The van der Waals surface area contributed by atoms with E-state index in [9.17, 15) is 0 Å². The lowest BCUT2D eigenvalue weighted by Crippen LogP contribution is -2.40. The lowest BCUT2D eigenvalue weighted by Gasteiger charge is -2.21. The van der Waals surface area contributed by atoms with E-state index in [0.717, 1.165) is 18.6 Å². The third-order valence-corrected chi connectivity index (χ3v) is 4.43. The van der Waals surface area contributed by atoms with Crippen LogP contribution in [0.4, 0.5) is 0 Å². The van der Waals surface area contributed by atoms with Crippen LogP contribution in [0.1, 0.15) is 27.8 Å². The second kappa shape index (κ2) is 5.53. The van der Waals surface area contributed by atoms with E-state index in [1.165, 1.54) is 27.8 Å². The molecule has 2 N–H and O–H groups in total. The number of aryl methyl sites for hydroxylation is 3. The Balaban J connectivity index is 1.75. The Labute approximate surface area is 126 Å². The van der Waals surface area contributed by atoms with Crippen LogP contribution < -0.4 is 10.5 Å². The first kappa shape index (κ1) is 14.2. The van der Waals surface area contributed by atoms with Crippen LogP contribution in [0.15, 0.2) is 36.4 Å². The molecule has 0 fully saturated rings. The summed E-state index contributed by atoms with van der Waals surface area (Å²) < 4.78 is 6.02. The third-order valence-electron chi connectivity index (χ3n) is 4.43. The van der Waals surface area contributed by atoms with Crippen LogP contribution in [-0.4, -0.2) is 12.1 Å². The molecule has 3 rings (SSSR count). The highest BCUT2D eigenvalue weighted by Crippen LogP contribution is 2.30. The molecular weight excluding hydrogens is 258 g/mol. The van der Waals surface area contributed by atoms with Crippen molar-refractivity contribution >= 4 is 0 Å². The van der Waals surface area contributed by atoms with Gasteiger partial charge in [-0.1, -0.05) is 35.9 Å². The number of fused-ring (bicyclic) bond motifs is 1. The van der Waals surface area contributed by atoms with Crippen molar-refractivity contribution in [2.45, 2.75) is 45.8 Å². The van der Waals surface area contributed by atoms with Crippen molar-refractivity contribution in [2.24, 2.45) is 5.73 Å². The first-order valence-corrected chi connectivity index (χ1v) is 7.61. The molecule has 1 aliphatic heterocycles. The maximum Gasteiger partial charge on any atom is 0.123 e. The second-order valence-electron chi connectivity index (χ2n) is 6.21. The van der Waals surface area contributed by atoms with Crippen LogP contribution in [0, 0.1) is 20.8 Å². The molecule has 1 aliphatic rings. The molecule has 21 heavy (non-hydrogen) atoms. The largest absolute Gasteiger partial charge is 0.488 e. The summed E-state index contributed by atoms with van der Waals surface area (Å²) in [5.74, 6) is 0.996. The first-order valence-electron chi connectivity index (χ1n) is 7.61. The quantitative estimate of drug-likeness (QED) is 0.934. The minimum atomic E-state index is 0.0255. The fraction of sp³-hybridized carbons (Fsp3) is 0.368. The fourth-order valence-electron chi connectivity index (χ4n) is 3.35. The molecule has 110 valence electrons. The van der Waals surface area contributed by atoms with Crippen molar-refractivity contribution in [1.82, 2.24) is 0 Å². The summed E-state index contributed by atoms with van der Waals surface area (Å²) >= 11 is 0. The third kappa shape index (κ3) is 2.81. The van der Waals surface area contributed by atoms with Crippen molar-refractivity contribution in [3.8, 4) is 5.75 Å². The fourth-order valence-corrected chi connectivity index (χ4v) is 3.35. The predicted octanol–water partition coefficient (Wildman–Crippen LogP) is 3.49. The van der Waals surface area contributed by atoms with E-state index < -0.39 is 0 Å². The van der Waals surface area contributed by atoms with Gasteiger partial charge in [0, 0.05) is 12.5 Å². The Morgan fingerprint density at radius 1 is 1.14 bits per heavy atom. The molecule has 0 amide bonds. The second-order valence-corrected chi connectivity index (χ2v) is 6.21. The molecule has 2 heteroatoms. The van der Waals surface area contributed by atoms with E-state index in [1.807, 2.05) is 12.1 Å². The molecule has 2 aromatic rings. The van der Waals surface area contributed by atoms with Crippen LogP contribution in [0.25, 0.3) is 0 Å². The van der Waals surface area contributed by atoms with Crippen molar-refractivity contribution in [3.63, 3.8) is 0 Å². The summed E-state index contributed by atoms with van der Waals surface area (Å²) in [4.78, 5) is 0. The van der Waals surface area contributed by atoms with Gasteiger partial charge < -0.3 is 10.5 Å². The highest BCUT2D eigenvalue weighted by atomic mass is 16.5. The summed E-state index contributed by atoms with van der Waals surface area (Å²) in [5, 5.41) is 0. The summed E-state index contributed by atoms with van der Waals surface area (Å²) in [7, 11) is 0. The Hall–Kier alpha value is -1.80. The molecule has 0 aliphatic carbocycles. The number of hydrogen-bond donors (Lipinski definition) is 1. The van der Waals surface area contributed by atoms with Gasteiger partial charge in [0.1, 0.15) is 11.9 Å². The van der Waals surface area contributed by atoms with E-state index in [1.54, 1.807) is 0 Å². The average molecular weight is 281 g/mol. The molecule has 0 spiro atoms. The smallest absolute Gasteiger partial charge is 0.123 e. The molecule has 2 unspecified atom stereocenters. The zero-order valence-corrected chi connectivity index (χ0v) is 13.0. The molecule has 2 atom stereocenters. The molecule has 0 aromatic heterocycles. The van der Waals surface area contributed by atoms with E-state index in [0.29, 0.717) is 0 Å². The number of ether oxygens (including phenoxy) is 1. The Morgan fingerprint density at radius 3 is 2.48 bits per heavy atom. The SMILES string of the molecule is Cc1cc(C)c(CC(N)C2Cc3ccccc3O2)c(C)c1. The molecule has 0 radical (unpaired) electrons. The first-order chi connectivity index (χ1) is 10.0. The van der Waals surface area contributed by atoms with Gasteiger partial charge in [-0.05, 0) is 55.5 Å². The van der Waals surface area contributed by atoms with Crippen molar-refractivity contribution < 1.29 is 4.74 Å². The maximum absolute atomic E-state index is 6.44. The molecule has 2 nitrogen and oxygen atoms in total. The summed E-state index contributed by atoms with van der Waals surface area (Å²) in [5.41, 5.74) is 13.1. The van der Waals surface area contributed by atoms with Gasteiger partial charge in [-0.3, -0.25) is 0 Å². The zero-order chi connectivity index (χ0) is 15.0. The minimum Gasteiger partial charge on any atom is -0.488 e. The normalized spacial score (nSPS) is 18.2. The molecule has 1 heterocycles. The predicted molar refractivity (Wildman–Crippen MR) is 86.9 cm³/mol. The van der Waals surface area contributed by atoms with Gasteiger partial charge >= 0.3 is 0 Å². The number of nitrogens with two attached hydrogens (primary N) is 1. The average Bonchev–Trinajstić information content (AvgIpc) is 2.86. The van der Waals surface area contributed by atoms with Gasteiger partial charge in [0.25, 0.3) is 0 Å². The summed E-state index contributed by atoms with van der Waals surface area (Å²) in [6.07, 6.45) is 1.88. The number of rotatable bonds is 3. The highest BCUT2D eigenvalue weighted by molar-refractivity contribution is 5.40. The molecule has 0 saturated carbocycles. The monoisotopic (exact) mass is 281 g/mol. The van der Waals surface area contributed by atoms with E-state index in [2.05, 4.69) is 45.0 Å². The number of para-hydroxylation sites is 1. The topological polar surface area (TPSA) is 35.2 Å². The lowest BCUT2D eigenvalue weighted by molar-refractivity contribution is 0.198. The molecular formula is C19H23NO. The van der Waals surface area contributed by atoms with Gasteiger partial charge in [0.15, 0.2) is 0 Å². The van der Waals surface area contributed by atoms with Crippen LogP contribution in [0.2, 0.25) is 0 Å². The maximum atomic E-state index is 6.44. The minimum absolute atomic E-state index is 0.0255. The van der Waals surface area contributed by atoms with Crippen LogP contribution in [-0.2, 0) is 12.8 Å². The zero-order valence-electron chi connectivity index (χ0n) is 13.0. The Kier molecular flexibility index (Phi) is 3.73. The van der Waals surface area contributed by atoms with Crippen LogP contribution in [0.3, 0.4) is 0 Å². The summed E-state index contributed by atoms with van der Waals surface area (Å²) in [6, 6.07) is 12.7. The van der Waals surface area contributed by atoms with E-state index >= 15 is 0 Å². The molecule has 0 bridgehead atoms. The standard InChI is InChI=1S/C19H23NO/c1-12-8-13(2)16(14(3)9-12)11-17(20)19-10-15-6-4-5-7-18(15)21-19/h4-9,17,19H,10-11,20H2,1-3H3. The van der Waals surface area contributed by atoms with Gasteiger partial charge in [0.2, 0.25) is 0 Å². The van der Waals surface area contributed by atoms with Crippen LogP contribution in [0.5, 0.6) is 5.75 Å². The molecule has 2 aromatic carbocycles. The number of hydrogen-bond acceptors (Lipinski definition) is 2.